The topological polar surface area (TPSA) is 119 Å². The first kappa shape index (κ1) is 20.5. The van der Waals surface area contributed by atoms with Crippen molar-refractivity contribution in [1.82, 2.24) is 0 Å². The molecule has 0 unspecified atom stereocenters. The molecule has 0 saturated carbocycles. The van der Waals surface area contributed by atoms with Crippen LogP contribution in [0.5, 0.6) is 0 Å². The van der Waals surface area contributed by atoms with Crippen molar-refractivity contribution in [1.29, 1.82) is 0 Å². The van der Waals surface area contributed by atoms with Crippen LogP contribution in [0, 0.1) is 0 Å². The Morgan fingerprint density at radius 1 is 0.452 bits per heavy atom. The summed E-state index contributed by atoms with van der Waals surface area (Å²) in [5, 5.41) is 19.1. The second kappa shape index (κ2) is 8.18. The van der Waals surface area contributed by atoms with Crippen molar-refractivity contribution in [2.75, 3.05) is 17.2 Å². The Morgan fingerprint density at radius 2 is 0.710 bits per heavy atom. The van der Waals surface area contributed by atoms with Gasteiger partial charge in [0.25, 0.3) is 0 Å². The molecule has 0 aliphatic carbocycles. The van der Waals surface area contributed by atoms with Gasteiger partial charge in [0.05, 0.1) is 5.41 Å². The van der Waals surface area contributed by atoms with Crippen LogP contribution in [0.2, 0.25) is 0 Å². The third-order valence-corrected chi connectivity index (χ3v) is 5.67. The fourth-order valence-corrected chi connectivity index (χ4v) is 4.10. The van der Waals surface area contributed by atoms with E-state index in [1.807, 2.05) is 84.9 Å². The van der Waals surface area contributed by atoms with Gasteiger partial charge in [0.15, 0.2) is 0 Å². The Balaban J connectivity index is 2.08. The zero-order valence-electron chi connectivity index (χ0n) is 16.9. The summed E-state index contributed by atoms with van der Waals surface area (Å²) in [7, 11) is -1.53. The molecule has 0 spiro atoms. The third kappa shape index (κ3) is 3.74. The van der Waals surface area contributed by atoms with Gasteiger partial charge < -0.3 is 27.2 Å². The Bertz CT molecular complexity index is 1050. The molecule has 0 radical (unpaired) electrons. The summed E-state index contributed by atoms with van der Waals surface area (Å²) in [4.78, 5) is 0. The predicted octanol–water partition coefficient (Wildman–Crippen LogP) is 2.50. The zero-order chi connectivity index (χ0) is 22.0. The minimum atomic E-state index is -1.53. The molecular weight excluding hydrogens is 385 g/mol. The van der Waals surface area contributed by atoms with Crippen molar-refractivity contribution in [3.8, 4) is 0 Å². The molecule has 4 rings (SSSR count). The van der Waals surface area contributed by atoms with E-state index in [0.29, 0.717) is 22.5 Å². The Hall–Kier alpha value is -3.74. The fraction of sp³-hybridized carbons (Fsp3) is 0.0400. The van der Waals surface area contributed by atoms with E-state index in [1.165, 1.54) is 0 Å². The van der Waals surface area contributed by atoms with E-state index in [0.717, 1.165) is 22.3 Å². The van der Waals surface area contributed by atoms with Gasteiger partial charge in [-0.2, -0.15) is 0 Å². The summed E-state index contributed by atoms with van der Waals surface area (Å²) in [6, 6.07) is 30.6. The monoisotopic (exact) mass is 409 g/mol. The second-order valence-corrected chi connectivity index (χ2v) is 7.61. The SMILES string of the molecule is Nc1ccc(C(c2ccc(N)cc2)(c2ccc(N)cc2)c2ccc(B(O)O)cc2)cc1. The van der Waals surface area contributed by atoms with Crippen molar-refractivity contribution in [2.24, 2.45) is 0 Å². The van der Waals surface area contributed by atoms with Gasteiger partial charge in [-0.1, -0.05) is 60.7 Å². The molecule has 4 aromatic rings. The van der Waals surface area contributed by atoms with E-state index in [1.54, 1.807) is 12.1 Å². The predicted molar refractivity (Wildman–Crippen MR) is 128 cm³/mol. The maximum atomic E-state index is 9.57. The van der Waals surface area contributed by atoms with Gasteiger partial charge in [-0.15, -0.1) is 0 Å². The van der Waals surface area contributed by atoms with Gasteiger partial charge in [-0.25, -0.2) is 0 Å². The normalized spacial score (nSPS) is 11.3. The van der Waals surface area contributed by atoms with Gasteiger partial charge in [0.1, 0.15) is 0 Å². The highest BCUT2D eigenvalue weighted by Crippen LogP contribution is 2.45. The molecule has 0 saturated heterocycles. The van der Waals surface area contributed by atoms with Crippen LogP contribution in [-0.2, 0) is 5.41 Å². The van der Waals surface area contributed by atoms with Crippen LogP contribution in [0.4, 0.5) is 17.1 Å². The summed E-state index contributed by atoms with van der Waals surface area (Å²) in [6.07, 6.45) is 0. The largest absolute Gasteiger partial charge is 0.488 e. The van der Waals surface area contributed by atoms with E-state index in [9.17, 15) is 10.0 Å². The van der Waals surface area contributed by atoms with Gasteiger partial charge in [-0.05, 0) is 64.1 Å². The van der Waals surface area contributed by atoms with Crippen LogP contribution in [0.3, 0.4) is 0 Å². The number of rotatable bonds is 5. The third-order valence-electron chi connectivity index (χ3n) is 5.67. The Labute approximate surface area is 181 Å². The lowest BCUT2D eigenvalue weighted by Crippen LogP contribution is -2.33. The molecule has 8 N–H and O–H groups in total. The summed E-state index contributed by atoms with van der Waals surface area (Å²) in [5.41, 5.74) is 23.7. The lowest BCUT2D eigenvalue weighted by molar-refractivity contribution is 0.426. The summed E-state index contributed by atoms with van der Waals surface area (Å²) >= 11 is 0. The van der Waals surface area contributed by atoms with Crippen molar-refractivity contribution < 1.29 is 10.0 Å². The molecule has 0 fully saturated rings. The lowest BCUT2D eigenvalue weighted by atomic mass is 9.64. The number of hydrogen-bond donors (Lipinski definition) is 5. The second-order valence-electron chi connectivity index (χ2n) is 7.61. The first-order valence-electron chi connectivity index (χ1n) is 9.96. The molecule has 0 amide bonds. The summed E-state index contributed by atoms with van der Waals surface area (Å²) in [6.45, 7) is 0. The average Bonchev–Trinajstić information content (AvgIpc) is 2.78. The maximum absolute atomic E-state index is 9.57. The van der Waals surface area contributed by atoms with Crippen LogP contribution < -0.4 is 22.7 Å². The molecule has 0 aliphatic rings. The van der Waals surface area contributed by atoms with E-state index in [4.69, 9.17) is 17.2 Å². The minimum Gasteiger partial charge on any atom is -0.423 e. The average molecular weight is 409 g/mol. The van der Waals surface area contributed by atoms with Crippen LogP contribution in [-0.4, -0.2) is 17.2 Å². The van der Waals surface area contributed by atoms with Crippen LogP contribution in [0.25, 0.3) is 0 Å². The molecule has 4 aromatic carbocycles. The van der Waals surface area contributed by atoms with Crippen molar-refractivity contribution in [3.05, 3.63) is 119 Å². The number of hydrogen-bond acceptors (Lipinski definition) is 5. The van der Waals surface area contributed by atoms with Crippen molar-refractivity contribution in [3.63, 3.8) is 0 Å². The van der Waals surface area contributed by atoms with E-state index >= 15 is 0 Å². The molecule has 0 heterocycles. The maximum Gasteiger partial charge on any atom is 0.488 e. The van der Waals surface area contributed by atoms with Crippen molar-refractivity contribution in [2.45, 2.75) is 5.41 Å². The fourth-order valence-electron chi connectivity index (χ4n) is 4.10. The summed E-state index contributed by atoms with van der Waals surface area (Å²) < 4.78 is 0. The quantitative estimate of drug-likeness (QED) is 0.197. The van der Waals surface area contributed by atoms with Gasteiger partial charge in [0.2, 0.25) is 0 Å². The first-order valence-corrected chi connectivity index (χ1v) is 9.96. The first-order chi connectivity index (χ1) is 14.9. The van der Waals surface area contributed by atoms with Crippen LogP contribution in [0.1, 0.15) is 22.3 Å². The molecule has 5 nitrogen and oxygen atoms in total. The van der Waals surface area contributed by atoms with E-state index in [2.05, 4.69) is 0 Å². The van der Waals surface area contributed by atoms with Crippen LogP contribution >= 0.6 is 0 Å². The Morgan fingerprint density at radius 3 is 0.968 bits per heavy atom. The molecule has 0 bridgehead atoms. The molecule has 0 aromatic heterocycles. The molecule has 0 aliphatic heterocycles. The van der Waals surface area contributed by atoms with Crippen molar-refractivity contribution >= 4 is 29.6 Å². The standard InChI is InChI=1S/C25H24BN3O2/c27-22-11-3-18(4-12-22)25(19-5-13-23(28)14-6-19,20-7-15-24(29)16-8-20)17-1-9-21(10-2-17)26(30)31/h1-16,30-31H,27-29H2. The molecule has 31 heavy (non-hydrogen) atoms. The lowest BCUT2D eigenvalue weighted by Gasteiger charge is -2.37. The smallest absolute Gasteiger partial charge is 0.423 e. The van der Waals surface area contributed by atoms with E-state index in [-0.39, 0.29) is 0 Å². The number of nitrogens with two attached hydrogens (primary N) is 3. The molecule has 6 heteroatoms. The Kier molecular flexibility index (Phi) is 5.42. The summed E-state index contributed by atoms with van der Waals surface area (Å²) in [5.74, 6) is 0. The van der Waals surface area contributed by atoms with Crippen LogP contribution in [0.15, 0.2) is 97.1 Å². The number of anilines is 3. The minimum absolute atomic E-state index is 0.421. The van der Waals surface area contributed by atoms with Gasteiger partial charge in [0, 0.05) is 17.1 Å². The van der Waals surface area contributed by atoms with Gasteiger partial charge in [-0.3, -0.25) is 0 Å². The molecular formula is C25H24BN3O2. The highest BCUT2D eigenvalue weighted by Gasteiger charge is 2.38. The number of benzene rings is 4. The molecule has 154 valence electrons. The zero-order valence-corrected chi connectivity index (χ0v) is 16.9. The van der Waals surface area contributed by atoms with E-state index < -0.39 is 12.5 Å². The highest BCUT2D eigenvalue weighted by atomic mass is 16.4. The number of nitrogen functional groups attached to an aromatic ring is 3. The van der Waals surface area contributed by atoms with Gasteiger partial charge >= 0.3 is 7.12 Å². The molecule has 0 atom stereocenters. The highest BCUT2D eigenvalue weighted by molar-refractivity contribution is 6.58.